The number of aliphatic imine (C=N–C) groups is 1. The van der Waals surface area contributed by atoms with Crippen LogP contribution >= 0.6 is 24.0 Å². The number of ether oxygens (including phenoxy) is 1. The Bertz CT molecular complexity index is 628. The molecule has 1 aliphatic rings. The third-order valence-electron chi connectivity index (χ3n) is 4.28. The molecule has 1 amide bonds. The number of rotatable bonds is 5. The number of nitrogens with zero attached hydrogens (tertiary/aromatic N) is 4. The number of hydrogen-bond acceptors (Lipinski definition) is 4. The Hall–Kier alpha value is -1.71. The second-order valence-corrected chi connectivity index (χ2v) is 6.90. The molecule has 0 unspecified atom stereocenters. The van der Waals surface area contributed by atoms with Crippen LogP contribution in [-0.2, 0) is 4.79 Å². The maximum atomic E-state index is 11.9. The van der Waals surface area contributed by atoms with Gasteiger partial charge in [-0.1, -0.05) is 6.07 Å². The largest absolute Gasteiger partial charge is 0.497 e. The van der Waals surface area contributed by atoms with E-state index < -0.39 is 0 Å². The normalized spacial score (nSPS) is 14.7. The van der Waals surface area contributed by atoms with Crippen LogP contribution in [0.25, 0.3) is 0 Å². The van der Waals surface area contributed by atoms with Crippen LogP contribution < -0.4 is 15.0 Å². The second kappa shape index (κ2) is 11.2. The van der Waals surface area contributed by atoms with Crippen LogP contribution in [0.5, 0.6) is 5.75 Å². The van der Waals surface area contributed by atoms with Crippen LogP contribution in [-0.4, -0.2) is 81.6 Å². The first-order valence-electron chi connectivity index (χ1n) is 9.05. The van der Waals surface area contributed by atoms with E-state index in [1.54, 1.807) is 26.1 Å². The van der Waals surface area contributed by atoms with Gasteiger partial charge < -0.3 is 24.8 Å². The van der Waals surface area contributed by atoms with Gasteiger partial charge in [-0.2, -0.15) is 0 Å². The van der Waals surface area contributed by atoms with Crippen molar-refractivity contribution in [1.82, 2.24) is 15.1 Å². The standard InChI is InChI=1S/C19H31N5O2.HI/c1-15(2)21-19(20-14-18(25)22(3)4)24-11-9-23(10-12-24)16-7-6-8-17(13-16)26-5;/h6-8,13,15H,9-12,14H2,1-5H3,(H,20,21);1H. The molecule has 0 radical (unpaired) electrons. The quantitative estimate of drug-likeness (QED) is 0.389. The summed E-state index contributed by atoms with van der Waals surface area (Å²) < 4.78 is 5.32. The zero-order chi connectivity index (χ0) is 19.1. The van der Waals surface area contributed by atoms with Crippen molar-refractivity contribution < 1.29 is 9.53 Å². The van der Waals surface area contributed by atoms with Crippen molar-refractivity contribution in [2.75, 3.05) is 58.8 Å². The average molecular weight is 489 g/mol. The van der Waals surface area contributed by atoms with E-state index in [1.807, 2.05) is 12.1 Å². The molecular weight excluding hydrogens is 457 g/mol. The van der Waals surface area contributed by atoms with Crippen molar-refractivity contribution in [3.63, 3.8) is 0 Å². The van der Waals surface area contributed by atoms with Crippen LogP contribution in [0, 0.1) is 0 Å². The first-order chi connectivity index (χ1) is 12.4. The zero-order valence-electron chi connectivity index (χ0n) is 16.9. The van der Waals surface area contributed by atoms with Gasteiger partial charge in [0.05, 0.1) is 7.11 Å². The lowest BCUT2D eigenvalue weighted by atomic mass is 10.2. The SMILES string of the molecule is COc1cccc(N2CCN(C(=NCC(=O)N(C)C)NC(C)C)CC2)c1.I. The minimum atomic E-state index is 0. The van der Waals surface area contributed by atoms with Crippen molar-refractivity contribution in [2.45, 2.75) is 19.9 Å². The van der Waals surface area contributed by atoms with Crippen molar-refractivity contribution in [3.05, 3.63) is 24.3 Å². The van der Waals surface area contributed by atoms with Gasteiger partial charge in [0.15, 0.2) is 5.96 Å². The summed E-state index contributed by atoms with van der Waals surface area (Å²) in [5.74, 6) is 1.68. The van der Waals surface area contributed by atoms with E-state index in [2.05, 4.69) is 46.1 Å². The number of halogens is 1. The molecule has 7 nitrogen and oxygen atoms in total. The van der Waals surface area contributed by atoms with Gasteiger partial charge in [-0.05, 0) is 26.0 Å². The summed E-state index contributed by atoms with van der Waals surface area (Å²) in [6, 6.07) is 8.40. The van der Waals surface area contributed by atoms with Gasteiger partial charge in [0.2, 0.25) is 5.91 Å². The Labute approximate surface area is 179 Å². The van der Waals surface area contributed by atoms with Gasteiger partial charge in [-0.25, -0.2) is 4.99 Å². The summed E-state index contributed by atoms with van der Waals surface area (Å²) in [6.07, 6.45) is 0. The van der Waals surface area contributed by atoms with E-state index in [4.69, 9.17) is 4.74 Å². The fourth-order valence-electron chi connectivity index (χ4n) is 2.76. The van der Waals surface area contributed by atoms with Crippen LogP contribution in [0.2, 0.25) is 0 Å². The third-order valence-corrected chi connectivity index (χ3v) is 4.28. The fourth-order valence-corrected chi connectivity index (χ4v) is 2.76. The van der Waals surface area contributed by atoms with E-state index in [1.165, 1.54) is 5.69 Å². The molecule has 152 valence electrons. The van der Waals surface area contributed by atoms with E-state index in [0.717, 1.165) is 37.9 Å². The molecule has 1 fully saturated rings. The second-order valence-electron chi connectivity index (χ2n) is 6.90. The van der Waals surface area contributed by atoms with Crippen molar-refractivity contribution >= 4 is 41.5 Å². The van der Waals surface area contributed by atoms with E-state index >= 15 is 0 Å². The molecular formula is C19H32IN5O2. The predicted octanol–water partition coefficient (Wildman–Crippen LogP) is 1.88. The van der Waals surface area contributed by atoms with Gasteiger partial charge in [-0.3, -0.25) is 4.79 Å². The summed E-state index contributed by atoms with van der Waals surface area (Å²) in [7, 11) is 5.19. The number of hydrogen-bond donors (Lipinski definition) is 1. The molecule has 0 spiro atoms. The van der Waals surface area contributed by atoms with Gasteiger partial charge >= 0.3 is 0 Å². The number of nitrogens with one attached hydrogen (secondary N) is 1. The number of guanidine groups is 1. The highest BCUT2D eigenvalue weighted by molar-refractivity contribution is 14.0. The van der Waals surface area contributed by atoms with Gasteiger partial charge in [0, 0.05) is 58.1 Å². The van der Waals surface area contributed by atoms with E-state index in [-0.39, 0.29) is 42.5 Å². The van der Waals surface area contributed by atoms with Gasteiger partial charge in [0.25, 0.3) is 0 Å². The average Bonchev–Trinajstić information content (AvgIpc) is 2.64. The number of piperazine rings is 1. The number of methoxy groups -OCH3 is 1. The molecule has 1 aliphatic heterocycles. The smallest absolute Gasteiger partial charge is 0.243 e. The Morgan fingerprint density at radius 1 is 1.26 bits per heavy atom. The summed E-state index contributed by atoms with van der Waals surface area (Å²) in [5, 5.41) is 3.38. The molecule has 1 heterocycles. The number of likely N-dealkylation sites (N-methyl/N-ethyl adjacent to an activating group) is 1. The molecule has 1 saturated heterocycles. The maximum Gasteiger partial charge on any atom is 0.243 e. The molecule has 8 heteroatoms. The Morgan fingerprint density at radius 2 is 1.93 bits per heavy atom. The van der Waals surface area contributed by atoms with Crippen LogP contribution in [0.15, 0.2) is 29.3 Å². The Balaban J connectivity index is 0.00000364. The van der Waals surface area contributed by atoms with Crippen molar-refractivity contribution in [2.24, 2.45) is 4.99 Å². The molecule has 0 saturated carbocycles. The lowest BCUT2D eigenvalue weighted by Gasteiger charge is -2.38. The van der Waals surface area contributed by atoms with Crippen LogP contribution in [0.3, 0.4) is 0 Å². The number of carbonyl (C=O) groups is 1. The number of benzene rings is 1. The Kier molecular flexibility index (Phi) is 9.68. The van der Waals surface area contributed by atoms with Crippen molar-refractivity contribution in [1.29, 1.82) is 0 Å². The third kappa shape index (κ3) is 7.08. The van der Waals surface area contributed by atoms with Crippen LogP contribution in [0.1, 0.15) is 13.8 Å². The first-order valence-corrected chi connectivity index (χ1v) is 9.05. The maximum absolute atomic E-state index is 11.9. The number of anilines is 1. The summed E-state index contributed by atoms with van der Waals surface area (Å²) in [6.45, 7) is 7.82. The predicted molar refractivity (Wildman–Crippen MR) is 121 cm³/mol. The molecule has 1 N–H and O–H groups in total. The van der Waals surface area contributed by atoms with Gasteiger partial charge in [-0.15, -0.1) is 24.0 Å². The fraction of sp³-hybridized carbons (Fsp3) is 0.579. The number of carbonyl (C=O) groups excluding carboxylic acids is 1. The lowest BCUT2D eigenvalue weighted by molar-refractivity contribution is -0.127. The molecule has 1 aromatic carbocycles. The summed E-state index contributed by atoms with van der Waals surface area (Å²) in [4.78, 5) is 22.5. The van der Waals surface area contributed by atoms with Gasteiger partial charge in [0.1, 0.15) is 12.3 Å². The molecule has 1 aromatic rings. The monoisotopic (exact) mass is 489 g/mol. The minimum Gasteiger partial charge on any atom is -0.497 e. The molecule has 2 rings (SSSR count). The molecule has 0 bridgehead atoms. The highest BCUT2D eigenvalue weighted by Crippen LogP contribution is 2.22. The summed E-state index contributed by atoms with van der Waals surface area (Å²) in [5.41, 5.74) is 1.17. The lowest BCUT2D eigenvalue weighted by Crippen LogP contribution is -2.54. The topological polar surface area (TPSA) is 60.4 Å². The van der Waals surface area contributed by atoms with E-state index in [0.29, 0.717) is 0 Å². The highest BCUT2D eigenvalue weighted by atomic mass is 127. The minimum absolute atomic E-state index is 0. The Morgan fingerprint density at radius 3 is 2.48 bits per heavy atom. The number of amides is 1. The zero-order valence-corrected chi connectivity index (χ0v) is 19.3. The van der Waals surface area contributed by atoms with Crippen molar-refractivity contribution in [3.8, 4) is 5.75 Å². The van der Waals surface area contributed by atoms with E-state index in [9.17, 15) is 4.79 Å². The summed E-state index contributed by atoms with van der Waals surface area (Å²) >= 11 is 0. The molecule has 27 heavy (non-hydrogen) atoms. The highest BCUT2D eigenvalue weighted by Gasteiger charge is 2.21. The van der Waals surface area contributed by atoms with Crippen LogP contribution in [0.4, 0.5) is 5.69 Å². The molecule has 0 aromatic heterocycles. The molecule has 0 atom stereocenters. The molecule has 0 aliphatic carbocycles. The first kappa shape index (κ1) is 23.3.